The summed E-state index contributed by atoms with van der Waals surface area (Å²) in [5.41, 5.74) is 7.43. The van der Waals surface area contributed by atoms with Gasteiger partial charge in [-0.15, -0.1) is 11.8 Å². The van der Waals surface area contributed by atoms with E-state index in [0.717, 1.165) is 11.5 Å². The Morgan fingerprint density at radius 2 is 1.09 bits per heavy atom. The van der Waals surface area contributed by atoms with Crippen molar-refractivity contribution in [3.63, 3.8) is 0 Å². The molecule has 3 heteroatoms. The molecule has 4 aromatic rings. The maximum absolute atomic E-state index is 5.43. The Kier molecular flexibility index (Phi) is 6.55. The molecule has 2 nitrogen and oxygen atoms in total. The Morgan fingerprint density at radius 1 is 0.559 bits per heavy atom. The second kappa shape index (κ2) is 10.1. The quantitative estimate of drug-likeness (QED) is 0.288. The lowest BCUT2D eigenvalue weighted by molar-refractivity contribution is 0.414. The lowest BCUT2D eigenvalue weighted by Crippen LogP contribution is -2.06. The fourth-order valence-corrected chi connectivity index (χ4v) is 5.66. The van der Waals surface area contributed by atoms with E-state index < -0.39 is 0 Å². The third-order valence-corrected chi connectivity index (χ3v) is 7.39. The van der Waals surface area contributed by atoms with Gasteiger partial charge in [0.05, 0.1) is 19.5 Å². The molecule has 168 valence electrons. The largest absolute Gasteiger partial charge is 0.497 e. The fourth-order valence-electron chi connectivity index (χ4n) is 4.27. The van der Waals surface area contributed by atoms with Crippen LogP contribution in [0.25, 0.3) is 16.1 Å². The minimum absolute atomic E-state index is 0.145. The van der Waals surface area contributed by atoms with Gasteiger partial charge < -0.3 is 9.47 Å². The van der Waals surface area contributed by atoms with E-state index in [2.05, 4.69) is 91.0 Å². The van der Waals surface area contributed by atoms with Crippen LogP contribution in [-0.4, -0.2) is 14.2 Å². The van der Waals surface area contributed by atoms with Crippen LogP contribution in [0, 0.1) is 0 Å². The summed E-state index contributed by atoms with van der Waals surface area (Å²) in [4.78, 5) is 1.24. The Bertz CT molecular complexity index is 1310. The van der Waals surface area contributed by atoms with Crippen molar-refractivity contribution in [1.29, 1.82) is 0 Å². The van der Waals surface area contributed by atoms with Crippen molar-refractivity contribution >= 4 is 27.8 Å². The second-order valence-electron chi connectivity index (χ2n) is 8.07. The van der Waals surface area contributed by atoms with Gasteiger partial charge in [-0.2, -0.15) is 0 Å². The standard InChI is InChI=1S/C31H26O2S/c1-32-26-17-13-23(14-18-26)29-21-28(22-9-5-3-6-10-22)30(24-15-19-27(33-2)20-16-24)31(34-29)25-11-7-4-8-12-25/h3-21,31H,1-2H3. The summed E-state index contributed by atoms with van der Waals surface area (Å²) in [6, 6.07) is 38.2. The molecule has 0 amide bonds. The van der Waals surface area contributed by atoms with Crippen LogP contribution in [-0.2, 0) is 0 Å². The number of benzene rings is 4. The lowest BCUT2D eigenvalue weighted by Gasteiger charge is -2.30. The molecule has 0 saturated carbocycles. The van der Waals surface area contributed by atoms with E-state index in [4.69, 9.17) is 9.47 Å². The van der Waals surface area contributed by atoms with Crippen molar-refractivity contribution in [1.82, 2.24) is 0 Å². The van der Waals surface area contributed by atoms with Crippen LogP contribution in [0.15, 0.2) is 115 Å². The van der Waals surface area contributed by atoms with Crippen molar-refractivity contribution in [2.24, 2.45) is 0 Å². The molecule has 0 N–H and O–H groups in total. The normalized spacial score (nSPS) is 15.6. The first-order valence-electron chi connectivity index (χ1n) is 11.3. The molecule has 34 heavy (non-hydrogen) atoms. The van der Waals surface area contributed by atoms with Crippen LogP contribution < -0.4 is 9.47 Å². The highest BCUT2D eigenvalue weighted by Crippen LogP contribution is 2.54. The first kappa shape index (κ1) is 22.1. The monoisotopic (exact) mass is 462 g/mol. The second-order valence-corrected chi connectivity index (χ2v) is 9.21. The van der Waals surface area contributed by atoms with Gasteiger partial charge in [-0.25, -0.2) is 0 Å². The van der Waals surface area contributed by atoms with Crippen molar-refractivity contribution < 1.29 is 9.47 Å². The van der Waals surface area contributed by atoms with E-state index in [1.807, 2.05) is 36.0 Å². The van der Waals surface area contributed by atoms with Gasteiger partial charge in [0.15, 0.2) is 0 Å². The van der Waals surface area contributed by atoms with Crippen LogP contribution in [0.1, 0.15) is 27.5 Å². The van der Waals surface area contributed by atoms with E-state index in [0.29, 0.717) is 0 Å². The van der Waals surface area contributed by atoms with Gasteiger partial charge in [0.2, 0.25) is 0 Å². The zero-order valence-corrected chi connectivity index (χ0v) is 20.1. The molecule has 0 radical (unpaired) electrons. The number of allylic oxidation sites excluding steroid dienone is 2. The van der Waals surface area contributed by atoms with Crippen molar-refractivity contribution in [2.75, 3.05) is 14.2 Å². The van der Waals surface area contributed by atoms with Crippen LogP contribution in [0.4, 0.5) is 0 Å². The summed E-state index contributed by atoms with van der Waals surface area (Å²) in [6.45, 7) is 0. The van der Waals surface area contributed by atoms with Crippen LogP contribution in [0.5, 0.6) is 11.5 Å². The van der Waals surface area contributed by atoms with Crippen LogP contribution in [0.3, 0.4) is 0 Å². The number of rotatable bonds is 6. The zero-order valence-electron chi connectivity index (χ0n) is 19.3. The van der Waals surface area contributed by atoms with Gasteiger partial charge >= 0.3 is 0 Å². The Hall–Kier alpha value is -3.69. The highest BCUT2D eigenvalue weighted by Gasteiger charge is 2.28. The maximum Gasteiger partial charge on any atom is 0.118 e. The number of hydrogen-bond acceptors (Lipinski definition) is 3. The summed E-state index contributed by atoms with van der Waals surface area (Å²) in [7, 11) is 3.41. The molecule has 4 aromatic carbocycles. The summed E-state index contributed by atoms with van der Waals surface area (Å²) >= 11 is 1.89. The third kappa shape index (κ3) is 4.52. The molecular weight excluding hydrogens is 436 g/mol. The molecule has 0 fully saturated rings. The minimum atomic E-state index is 0.145. The third-order valence-electron chi connectivity index (χ3n) is 6.04. The molecule has 0 aliphatic carbocycles. The lowest BCUT2D eigenvalue weighted by atomic mass is 9.88. The predicted octanol–water partition coefficient (Wildman–Crippen LogP) is 8.14. The summed E-state index contributed by atoms with van der Waals surface area (Å²) < 4.78 is 10.8. The molecule has 1 aliphatic heterocycles. The molecule has 0 bridgehead atoms. The maximum atomic E-state index is 5.43. The minimum Gasteiger partial charge on any atom is -0.497 e. The first-order chi connectivity index (χ1) is 16.8. The SMILES string of the molecule is COc1ccc(C2=CC(c3ccccc3)=C(c3ccc(OC)cc3)C(c3ccccc3)S2)cc1. The molecule has 0 saturated heterocycles. The van der Waals surface area contributed by atoms with Gasteiger partial charge in [-0.3, -0.25) is 0 Å². The van der Waals surface area contributed by atoms with Crippen LogP contribution in [0.2, 0.25) is 0 Å². The van der Waals surface area contributed by atoms with Gasteiger partial charge in [0, 0.05) is 4.91 Å². The molecule has 1 heterocycles. The average Bonchev–Trinajstić information content (AvgIpc) is 2.93. The fraction of sp³-hybridized carbons (Fsp3) is 0.0968. The van der Waals surface area contributed by atoms with E-state index >= 15 is 0 Å². The Labute approximate surface area is 205 Å². The number of thioether (sulfide) groups is 1. The van der Waals surface area contributed by atoms with Gasteiger partial charge in [-0.05, 0) is 63.7 Å². The van der Waals surface area contributed by atoms with Crippen LogP contribution >= 0.6 is 11.8 Å². The van der Waals surface area contributed by atoms with Gasteiger partial charge in [-0.1, -0.05) is 84.9 Å². The Morgan fingerprint density at radius 3 is 1.65 bits per heavy atom. The first-order valence-corrected chi connectivity index (χ1v) is 12.2. The van der Waals surface area contributed by atoms with Crippen molar-refractivity contribution in [3.05, 3.63) is 138 Å². The highest BCUT2D eigenvalue weighted by molar-refractivity contribution is 8.09. The summed E-state index contributed by atoms with van der Waals surface area (Å²) in [5.74, 6) is 1.72. The molecule has 1 atom stereocenters. The molecule has 1 aliphatic rings. The predicted molar refractivity (Wildman–Crippen MR) is 144 cm³/mol. The molecule has 5 rings (SSSR count). The topological polar surface area (TPSA) is 18.5 Å². The number of methoxy groups -OCH3 is 2. The molecular formula is C31H26O2S. The number of ether oxygens (including phenoxy) is 2. The summed E-state index contributed by atoms with van der Waals surface area (Å²) in [5, 5.41) is 0.145. The van der Waals surface area contributed by atoms with Gasteiger partial charge in [0.25, 0.3) is 0 Å². The molecule has 1 unspecified atom stereocenters. The molecule has 0 aromatic heterocycles. The average molecular weight is 463 g/mol. The van der Waals surface area contributed by atoms with E-state index in [-0.39, 0.29) is 5.25 Å². The molecule has 0 spiro atoms. The number of hydrogen-bond donors (Lipinski definition) is 0. The Balaban J connectivity index is 1.74. The van der Waals surface area contributed by atoms with Crippen molar-refractivity contribution in [2.45, 2.75) is 5.25 Å². The zero-order chi connectivity index (χ0) is 23.3. The smallest absolute Gasteiger partial charge is 0.118 e. The van der Waals surface area contributed by atoms with E-state index in [9.17, 15) is 0 Å². The highest BCUT2D eigenvalue weighted by atomic mass is 32.2. The van der Waals surface area contributed by atoms with E-state index in [1.54, 1.807) is 14.2 Å². The van der Waals surface area contributed by atoms with Crippen molar-refractivity contribution in [3.8, 4) is 11.5 Å². The summed E-state index contributed by atoms with van der Waals surface area (Å²) in [6.07, 6.45) is 2.33. The van der Waals surface area contributed by atoms with Gasteiger partial charge in [0.1, 0.15) is 11.5 Å². The van der Waals surface area contributed by atoms with E-state index in [1.165, 1.54) is 38.3 Å².